The second kappa shape index (κ2) is 11.3. The molecule has 1 saturated heterocycles. The van der Waals surface area contributed by atoms with Gasteiger partial charge in [-0.1, -0.05) is 18.2 Å². The molecular formula is C25H31N9O. The third kappa shape index (κ3) is 6.24. The molecule has 10 heteroatoms. The van der Waals surface area contributed by atoms with Gasteiger partial charge in [0.1, 0.15) is 23.0 Å². The molecule has 4 N–H and O–H groups in total. The van der Waals surface area contributed by atoms with Gasteiger partial charge in [0.2, 0.25) is 5.95 Å². The molecule has 0 spiro atoms. The number of nitrogens with zero attached hydrogens (tertiary/aromatic N) is 5. The monoisotopic (exact) mass is 473 g/mol. The van der Waals surface area contributed by atoms with Crippen LogP contribution in [0.3, 0.4) is 0 Å². The van der Waals surface area contributed by atoms with Crippen LogP contribution in [0.15, 0.2) is 61.3 Å². The van der Waals surface area contributed by atoms with Crippen molar-refractivity contribution in [3.05, 3.63) is 66.9 Å². The summed E-state index contributed by atoms with van der Waals surface area (Å²) in [5, 5.41) is 12.6. The Hall–Kier alpha value is -4.18. The lowest BCUT2D eigenvalue weighted by atomic mass is 10.2. The van der Waals surface area contributed by atoms with E-state index >= 15 is 0 Å². The third-order valence-electron chi connectivity index (χ3n) is 5.48. The zero-order valence-corrected chi connectivity index (χ0v) is 20.1. The maximum Gasteiger partial charge on any atom is 0.256 e. The second-order valence-electron chi connectivity index (χ2n) is 8.27. The van der Waals surface area contributed by atoms with Crippen molar-refractivity contribution in [2.24, 2.45) is 0 Å². The van der Waals surface area contributed by atoms with Gasteiger partial charge in [0.05, 0.1) is 0 Å². The van der Waals surface area contributed by atoms with Crippen molar-refractivity contribution in [1.82, 2.24) is 25.6 Å². The van der Waals surface area contributed by atoms with E-state index in [1.165, 1.54) is 6.20 Å². The minimum atomic E-state index is -0.299. The molecule has 0 atom stereocenters. The highest BCUT2D eigenvalue weighted by atomic mass is 16.1. The quantitative estimate of drug-likeness (QED) is 0.349. The molecule has 10 nitrogen and oxygen atoms in total. The number of rotatable bonds is 9. The summed E-state index contributed by atoms with van der Waals surface area (Å²) >= 11 is 0. The molecule has 3 heterocycles. The average molecular weight is 474 g/mol. The minimum absolute atomic E-state index is 0.299. The maximum atomic E-state index is 12.8. The zero-order chi connectivity index (χ0) is 24.6. The van der Waals surface area contributed by atoms with E-state index in [1.54, 1.807) is 6.08 Å². The third-order valence-corrected chi connectivity index (χ3v) is 5.48. The molecule has 0 aliphatic carbocycles. The van der Waals surface area contributed by atoms with Crippen molar-refractivity contribution in [2.75, 3.05) is 67.3 Å². The van der Waals surface area contributed by atoms with Crippen molar-refractivity contribution >= 4 is 40.7 Å². The van der Waals surface area contributed by atoms with E-state index < -0.39 is 0 Å². The topological polar surface area (TPSA) is 110 Å². The van der Waals surface area contributed by atoms with Gasteiger partial charge in [-0.3, -0.25) is 4.79 Å². The number of carbonyl (C=O) groups is 1. The number of nitrogens with one attached hydrogen (secondary N) is 4. The number of hydrogen-bond acceptors (Lipinski definition) is 9. The van der Waals surface area contributed by atoms with Gasteiger partial charge in [-0.05, 0) is 30.3 Å². The number of carbonyl (C=O) groups excluding carboxylic acids is 1. The number of piperazine rings is 1. The van der Waals surface area contributed by atoms with Crippen molar-refractivity contribution in [3.63, 3.8) is 0 Å². The summed E-state index contributed by atoms with van der Waals surface area (Å²) in [7, 11) is 3.96. The van der Waals surface area contributed by atoms with Crippen molar-refractivity contribution in [2.45, 2.75) is 0 Å². The van der Waals surface area contributed by atoms with E-state index in [-0.39, 0.29) is 5.91 Å². The fraction of sp³-hybridized carbons (Fsp3) is 0.280. The van der Waals surface area contributed by atoms with Crippen LogP contribution in [0, 0.1) is 0 Å². The number of benzene rings is 1. The van der Waals surface area contributed by atoms with Gasteiger partial charge in [0, 0.05) is 64.4 Å². The molecule has 1 amide bonds. The predicted octanol–water partition coefficient (Wildman–Crippen LogP) is 2.75. The summed E-state index contributed by atoms with van der Waals surface area (Å²) < 4.78 is 0. The first-order chi connectivity index (χ1) is 17.0. The van der Waals surface area contributed by atoms with E-state index in [0.717, 1.165) is 43.4 Å². The minimum Gasteiger partial charge on any atom is -0.378 e. The van der Waals surface area contributed by atoms with Gasteiger partial charge < -0.3 is 31.1 Å². The summed E-state index contributed by atoms with van der Waals surface area (Å²) in [5.41, 5.74) is 2.20. The van der Waals surface area contributed by atoms with Gasteiger partial charge in [-0.2, -0.15) is 4.98 Å². The number of hydrogen-bond donors (Lipinski definition) is 4. The smallest absolute Gasteiger partial charge is 0.256 e. The molecular weight excluding hydrogens is 442 g/mol. The van der Waals surface area contributed by atoms with Gasteiger partial charge in [-0.15, -0.1) is 6.58 Å². The Morgan fingerprint density at radius 1 is 1.14 bits per heavy atom. The lowest BCUT2D eigenvalue weighted by Crippen LogP contribution is -2.43. The maximum absolute atomic E-state index is 12.8. The highest BCUT2D eigenvalue weighted by Crippen LogP contribution is 2.24. The molecule has 0 bridgehead atoms. The Bertz CT molecular complexity index is 1180. The fourth-order valence-electron chi connectivity index (χ4n) is 3.64. The second-order valence-corrected chi connectivity index (χ2v) is 8.27. The summed E-state index contributed by atoms with van der Waals surface area (Å²) in [6, 6.07) is 13.7. The van der Waals surface area contributed by atoms with Crippen LogP contribution in [0.1, 0.15) is 10.4 Å². The van der Waals surface area contributed by atoms with Crippen LogP contribution in [0.2, 0.25) is 0 Å². The first-order valence-corrected chi connectivity index (χ1v) is 11.5. The normalized spacial score (nSPS) is 13.1. The van der Waals surface area contributed by atoms with E-state index in [4.69, 9.17) is 4.98 Å². The van der Waals surface area contributed by atoms with E-state index in [2.05, 4.69) is 42.7 Å². The Kier molecular flexibility index (Phi) is 7.74. The summed E-state index contributed by atoms with van der Waals surface area (Å²) in [6.45, 7) is 7.61. The first-order valence-electron chi connectivity index (χ1n) is 11.5. The molecule has 1 aromatic carbocycles. The van der Waals surface area contributed by atoms with Crippen LogP contribution in [0.5, 0.6) is 0 Å². The molecule has 182 valence electrons. The van der Waals surface area contributed by atoms with Gasteiger partial charge >= 0.3 is 0 Å². The van der Waals surface area contributed by atoms with Crippen LogP contribution in [-0.4, -0.2) is 67.7 Å². The zero-order valence-electron chi connectivity index (χ0n) is 20.1. The van der Waals surface area contributed by atoms with Crippen LogP contribution in [-0.2, 0) is 0 Å². The van der Waals surface area contributed by atoms with Crippen LogP contribution < -0.4 is 31.1 Å². The summed E-state index contributed by atoms with van der Waals surface area (Å²) in [6.07, 6.45) is 3.13. The summed E-state index contributed by atoms with van der Waals surface area (Å²) in [4.78, 5) is 30.8. The molecule has 1 aliphatic heterocycles. The summed E-state index contributed by atoms with van der Waals surface area (Å²) in [5.74, 6) is 1.90. The number of amides is 1. The number of aromatic nitrogens is 3. The Morgan fingerprint density at radius 3 is 2.71 bits per heavy atom. The standard InChI is InChI=1S/C25H31N9O/c1-4-11-27-24(35)20-17-28-25(29-18-7-5-8-19(16-18)33(2)3)32-23(20)31-21-9-6-10-22(30-21)34-14-12-26-13-15-34/h4-10,16-17,26H,1,11-15H2,2-3H3,(H,27,35)(H2,28,29,30,31,32). The molecule has 1 aliphatic rings. The molecule has 1 fully saturated rings. The Balaban J connectivity index is 1.62. The molecule has 0 radical (unpaired) electrons. The first kappa shape index (κ1) is 24.0. The van der Waals surface area contributed by atoms with Crippen LogP contribution in [0.4, 0.5) is 34.8 Å². The highest BCUT2D eigenvalue weighted by Gasteiger charge is 2.17. The molecule has 3 aromatic rings. The lowest BCUT2D eigenvalue weighted by molar-refractivity contribution is 0.0958. The lowest BCUT2D eigenvalue weighted by Gasteiger charge is -2.28. The Labute approximate surface area is 205 Å². The Morgan fingerprint density at radius 2 is 1.94 bits per heavy atom. The van der Waals surface area contributed by atoms with Gasteiger partial charge in [0.15, 0.2) is 0 Å². The van der Waals surface area contributed by atoms with Crippen LogP contribution >= 0.6 is 0 Å². The van der Waals surface area contributed by atoms with E-state index in [9.17, 15) is 4.79 Å². The van der Waals surface area contributed by atoms with Crippen molar-refractivity contribution in [1.29, 1.82) is 0 Å². The van der Waals surface area contributed by atoms with E-state index in [0.29, 0.717) is 29.7 Å². The average Bonchev–Trinajstić information content (AvgIpc) is 2.88. The molecule has 35 heavy (non-hydrogen) atoms. The van der Waals surface area contributed by atoms with Crippen LogP contribution in [0.25, 0.3) is 0 Å². The largest absolute Gasteiger partial charge is 0.378 e. The fourth-order valence-corrected chi connectivity index (χ4v) is 3.64. The highest BCUT2D eigenvalue weighted by molar-refractivity contribution is 5.99. The molecule has 2 aromatic heterocycles. The molecule has 4 rings (SSSR count). The molecule has 0 unspecified atom stereocenters. The van der Waals surface area contributed by atoms with Gasteiger partial charge in [-0.25, -0.2) is 9.97 Å². The SMILES string of the molecule is C=CCNC(=O)c1cnc(Nc2cccc(N(C)C)c2)nc1Nc1cccc(N2CCNCC2)n1. The number of anilines is 6. The predicted molar refractivity (Wildman–Crippen MR) is 141 cm³/mol. The van der Waals surface area contributed by atoms with Crippen molar-refractivity contribution < 1.29 is 4.79 Å². The van der Waals surface area contributed by atoms with E-state index in [1.807, 2.05) is 61.5 Å². The number of pyridine rings is 1. The van der Waals surface area contributed by atoms with Gasteiger partial charge in [0.25, 0.3) is 5.91 Å². The van der Waals surface area contributed by atoms with Crippen molar-refractivity contribution in [3.8, 4) is 0 Å². The molecule has 0 saturated carbocycles.